The van der Waals surface area contributed by atoms with Gasteiger partial charge in [0.05, 0.1) is 12.6 Å². The zero-order valence-corrected chi connectivity index (χ0v) is 12.9. The number of nitrogens with one attached hydrogen (secondary N) is 2. The van der Waals surface area contributed by atoms with E-state index < -0.39 is 17.9 Å². The van der Waals surface area contributed by atoms with Crippen molar-refractivity contribution in [3.63, 3.8) is 0 Å². The van der Waals surface area contributed by atoms with E-state index in [0.717, 1.165) is 5.56 Å². The first-order valence-corrected chi connectivity index (χ1v) is 7.05. The molecule has 0 saturated heterocycles. The first-order valence-electron chi connectivity index (χ1n) is 7.05. The van der Waals surface area contributed by atoms with Crippen LogP contribution in [0.2, 0.25) is 0 Å². The maximum Gasteiger partial charge on any atom is 0.306 e. The molecule has 2 amide bonds. The van der Waals surface area contributed by atoms with Gasteiger partial charge in [-0.25, -0.2) is 0 Å². The zero-order valence-electron chi connectivity index (χ0n) is 12.9. The van der Waals surface area contributed by atoms with Gasteiger partial charge in [-0.2, -0.15) is 5.10 Å². The molecule has 8 heteroatoms. The maximum absolute atomic E-state index is 11.8. The summed E-state index contributed by atoms with van der Waals surface area (Å²) >= 11 is 0. The van der Waals surface area contributed by atoms with Crippen molar-refractivity contribution in [2.75, 3.05) is 5.32 Å². The number of rotatable bonds is 8. The number of carbonyl (C=O) groups is 3. The summed E-state index contributed by atoms with van der Waals surface area (Å²) in [7, 11) is 0. The van der Waals surface area contributed by atoms with Gasteiger partial charge in [-0.05, 0) is 17.7 Å². The summed E-state index contributed by atoms with van der Waals surface area (Å²) in [5.41, 5.74) is 1.36. The molecule has 0 aliphatic heterocycles. The summed E-state index contributed by atoms with van der Waals surface area (Å²) in [6, 6.07) is 5.91. The van der Waals surface area contributed by atoms with E-state index in [4.69, 9.17) is 17.4 Å². The van der Waals surface area contributed by atoms with Crippen molar-refractivity contribution in [1.29, 1.82) is 0 Å². The Bertz CT molecular complexity index is 662. The Morgan fingerprint density at radius 2 is 1.88 bits per heavy atom. The van der Waals surface area contributed by atoms with Crippen LogP contribution in [0.1, 0.15) is 24.8 Å². The number of anilines is 1. The van der Waals surface area contributed by atoms with E-state index in [9.17, 15) is 14.4 Å². The van der Waals surface area contributed by atoms with E-state index >= 15 is 0 Å². The lowest BCUT2D eigenvalue weighted by atomic mass is 10.2. The molecule has 0 radical (unpaired) electrons. The number of nitrogens with two attached hydrogens (primary N) is 1. The van der Waals surface area contributed by atoms with Crippen molar-refractivity contribution in [2.45, 2.75) is 25.3 Å². The van der Waals surface area contributed by atoms with Gasteiger partial charge in [0.25, 0.3) is 0 Å². The second kappa shape index (κ2) is 9.63. The van der Waals surface area contributed by atoms with Crippen LogP contribution >= 0.6 is 0 Å². The lowest BCUT2D eigenvalue weighted by molar-refractivity contribution is -0.137. The smallest absolute Gasteiger partial charge is 0.306 e. The van der Waals surface area contributed by atoms with Crippen molar-refractivity contribution in [3.05, 3.63) is 29.8 Å². The minimum atomic E-state index is -1.11. The molecule has 0 unspecified atom stereocenters. The Labute approximate surface area is 139 Å². The highest BCUT2D eigenvalue weighted by Crippen LogP contribution is 2.09. The Morgan fingerprint density at radius 1 is 1.25 bits per heavy atom. The molecule has 5 N–H and O–H groups in total. The van der Waals surface area contributed by atoms with Crippen LogP contribution in [-0.4, -0.2) is 35.1 Å². The van der Waals surface area contributed by atoms with Gasteiger partial charge in [0.1, 0.15) is 6.04 Å². The average Bonchev–Trinajstić information content (AvgIpc) is 2.54. The van der Waals surface area contributed by atoms with E-state index in [0.29, 0.717) is 5.69 Å². The number of amides is 2. The Balaban J connectivity index is 2.41. The second-order valence-corrected chi connectivity index (χ2v) is 4.83. The van der Waals surface area contributed by atoms with Crippen molar-refractivity contribution >= 4 is 29.7 Å². The summed E-state index contributed by atoms with van der Waals surface area (Å²) in [5, 5.41) is 17.0. The van der Waals surface area contributed by atoms with E-state index in [1.165, 1.54) is 6.21 Å². The van der Waals surface area contributed by atoms with Crippen LogP contribution in [0.5, 0.6) is 0 Å². The third-order valence-corrected chi connectivity index (χ3v) is 2.91. The molecule has 0 aliphatic carbocycles. The summed E-state index contributed by atoms with van der Waals surface area (Å²) in [5.74, 6) is 5.27. The van der Waals surface area contributed by atoms with Crippen LogP contribution in [-0.2, 0) is 14.4 Å². The lowest BCUT2D eigenvalue weighted by Gasteiger charge is -2.11. The molecule has 0 bridgehead atoms. The Morgan fingerprint density at radius 3 is 2.42 bits per heavy atom. The van der Waals surface area contributed by atoms with Gasteiger partial charge >= 0.3 is 5.97 Å². The Hall–Kier alpha value is -3.34. The number of terminal acetylenes is 1. The first-order chi connectivity index (χ1) is 11.4. The highest BCUT2D eigenvalue weighted by atomic mass is 16.4. The van der Waals surface area contributed by atoms with E-state index in [2.05, 4.69) is 21.7 Å². The minimum absolute atomic E-state index is 0.0534. The highest BCUT2D eigenvalue weighted by molar-refractivity contribution is 5.93. The minimum Gasteiger partial charge on any atom is -0.481 e. The predicted octanol–water partition coefficient (Wildman–Crippen LogP) is 0.291. The van der Waals surface area contributed by atoms with Crippen LogP contribution in [0, 0.1) is 12.3 Å². The molecule has 0 aromatic heterocycles. The average molecular weight is 330 g/mol. The molecule has 0 fully saturated rings. The molecule has 0 aliphatic rings. The van der Waals surface area contributed by atoms with E-state index in [-0.39, 0.29) is 25.2 Å². The number of hydrazone groups is 1. The molecule has 0 saturated carbocycles. The summed E-state index contributed by atoms with van der Waals surface area (Å²) in [6.45, 7) is 0. The first kappa shape index (κ1) is 18.7. The molecule has 126 valence electrons. The Kier molecular flexibility index (Phi) is 7.51. The largest absolute Gasteiger partial charge is 0.481 e. The molecular weight excluding hydrogens is 312 g/mol. The van der Waals surface area contributed by atoms with Gasteiger partial charge in [0.2, 0.25) is 11.8 Å². The van der Waals surface area contributed by atoms with Crippen LogP contribution in [0.25, 0.3) is 0 Å². The molecule has 1 atom stereocenters. The fourth-order valence-corrected chi connectivity index (χ4v) is 1.78. The number of aliphatic carboxylic acids is 1. The number of benzene rings is 1. The van der Waals surface area contributed by atoms with Crippen molar-refractivity contribution < 1.29 is 19.5 Å². The second-order valence-electron chi connectivity index (χ2n) is 4.83. The van der Waals surface area contributed by atoms with Crippen LogP contribution < -0.4 is 16.5 Å². The number of hydrogen-bond acceptors (Lipinski definition) is 5. The normalized spacial score (nSPS) is 11.5. The number of hydrogen-bond donors (Lipinski definition) is 4. The number of carboxylic acids is 1. The van der Waals surface area contributed by atoms with Gasteiger partial charge in [-0.15, -0.1) is 6.42 Å². The van der Waals surface area contributed by atoms with E-state index in [1.54, 1.807) is 24.3 Å². The number of nitrogens with zero attached hydrogens (tertiary/aromatic N) is 1. The molecular formula is C16H18N4O4. The molecule has 8 nitrogen and oxygen atoms in total. The molecule has 1 aromatic carbocycles. The van der Waals surface area contributed by atoms with Gasteiger partial charge in [-0.1, -0.05) is 18.1 Å². The summed E-state index contributed by atoms with van der Waals surface area (Å²) < 4.78 is 0. The van der Waals surface area contributed by atoms with Crippen molar-refractivity contribution in [1.82, 2.24) is 5.32 Å². The fraction of sp³-hybridized carbons (Fsp3) is 0.250. The van der Waals surface area contributed by atoms with Gasteiger partial charge in [0, 0.05) is 18.5 Å². The van der Waals surface area contributed by atoms with Crippen LogP contribution in [0.4, 0.5) is 5.69 Å². The molecule has 0 heterocycles. The van der Waals surface area contributed by atoms with Crippen molar-refractivity contribution in [2.24, 2.45) is 10.9 Å². The third kappa shape index (κ3) is 7.09. The standard InChI is InChI=1S/C16H18N4O4/c1-2-12(9-16(23)24)19-14(21)7-8-15(22)20-13-5-3-11(4-6-13)10-18-17/h1,3-6,10,12H,7-9,17H2,(H,19,21)(H,20,22)(H,23,24)/t12-/m1/s1. The number of carbonyl (C=O) groups excluding carboxylic acids is 2. The summed E-state index contributed by atoms with van der Waals surface area (Å²) in [4.78, 5) is 34.0. The topological polar surface area (TPSA) is 134 Å². The number of carboxylic acid groups (broad SMARTS) is 1. The van der Waals surface area contributed by atoms with Crippen LogP contribution in [0.15, 0.2) is 29.4 Å². The SMILES string of the molecule is C#C[C@H](CC(=O)O)NC(=O)CCC(=O)Nc1ccc(C=NN)cc1. The highest BCUT2D eigenvalue weighted by Gasteiger charge is 2.14. The maximum atomic E-state index is 11.8. The fourth-order valence-electron chi connectivity index (χ4n) is 1.78. The van der Waals surface area contributed by atoms with Gasteiger partial charge in [-0.3, -0.25) is 14.4 Å². The zero-order chi connectivity index (χ0) is 17.9. The van der Waals surface area contributed by atoms with E-state index in [1.807, 2.05) is 0 Å². The lowest BCUT2D eigenvalue weighted by Crippen LogP contribution is -2.35. The van der Waals surface area contributed by atoms with Gasteiger partial charge < -0.3 is 21.6 Å². The summed E-state index contributed by atoms with van der Waals surface area (Å²) in [6.07, 6.45) is 6.09. The molecule has 0 spiro atoms. The molecule has 24 heavy (non-hydrogen) atoms. The van der Waals surface area contributed by atoms with Crippen LogP contribution in [0.3, 0.4) is 0 Å². The van der Waals surface area contributed by atoms with Crippen molar-refractivity contribution in [3.8, 4) is 12.3 Å². The molecule has 1 rings (SSSR count). The monoisotopic (exact) mass is 330 g/mol. The third-order valence-electron chi connectivity index (χ3n) is 2.91. The van der Waals surface area contributed by atoms with Gasteiger partial charge in [0.15, 0.2) is 0 Å². The molecule has 1 aromatic rings. The quantitative estimate of drug-likeness (QED) is 0.235. The predicted molar refractivity (Wildman–Crippen MR) is 89.1 cm³/mol.